The second kappa shape index (κ2) is 8.15. The van der Waals surface area contributed by atoms with Crippen LogP contribution in [-0.4, -0.2) is 22.2 Å². The molecule has 1 aliphatic rings. The van der Waals surface area contributed by atoms with Crippen molar-refractivity contribution in [2.24, 2.45) is 0 Å². The van der Waals surface area contributed by atoms with Crippen LogP contribution >= 0.6 is 0 Å². The molecule has 1 aliphatic carbocycles. The summed E-state index contributed by atoms with van der Waals surface area (Å²) in [4.78, 5) is 24.7. The summed E-state index contributed by atoms with van der Waals surface area (Å²) in [5.74, 6) is -0.404. The average Bonchev–Trinajstić information content (AvgIpc) is 2.76. The van der Waals surface area contributed by atoms with Gasteiger partial charge >= 0.3 is 0 Å². The van der Waals surface area contributed by atoms with Crippen molar-refractivity contribution in [2.75, 3.05) is 6.54 Å². The Morgan fingerprint density at radius 2 is 1.79 bits per heavy atom. The van der Waals surface area contributed by atoms with E-state index in [1.807, 2.05) is 18.2 Å². The molecule has 1 heterocycles. The first-order valence-electron chi connectivity index (χ1n) is 10.1. The van der Waals surface area contributed by atoms with E-state index in [0.717, 1.165) is 31.2 Å². The van der Waals surface area contributed by atoms with Crippen LogP contribution in [-0.2, 0) is 16.8 Å². The van der Waals surface area contributed by atoms with Crippen molar-refractivity contribution in [3.05, 3.63) is 76.3 Å². The second-order valence-corrected chi connectivity index (χ2v) is 7.81. The molecule has 4 rings (SSSR count). The number of rotatable bonds is 5. The Bertz CT molecular complexity index is 1070. The molecule has 5 nitrogen and oxygen atoms in total. The number of carbonyl (C=O) groups is 1. The van der Waals surface area contributed by atoms with E-state index in [4.69, 9.17) is 0 Å². The summed E-state index contributed by atoms with van der Waals surface area (Å²) in [7, 11) is 0. The van der Waals surface area contributed by atoms with Gasteiger partial charge in [-0.3, -0.25) is 14.3 Å². The van der Waals surface area contributed by atoms with Gasteiger partial charge in [0.15, 0.2) is 0 Å². The first-order chi connectivity index (χ1) is 14.1. The number of nitrogens with zero attached hydrogens (tertiary/aromatic N) is 2. The number of benzene rings is 2. The van der Waals surface area contributed by atoms with E-state index in [2.05, 4.69) is 10.4 Å². The summed E-state index contributed by atoms with van der Waals surface area (Å²) >= 11 is 0. The van der Waals surface area contributed by atoms with Gasteiger partial charge in [0.2, 0.25) is 11.3 Å². The zero-order chi connectivity index (χ0) is 20.3. The highest BCUT2D eigenvalue weighted by Gasteiger charge is 2.34. The predicted molar refractivity (Wildman–Crippen MR) is 110 cm³/mol. The standard InChI is InChI=1S/C23H24FN3O2/c24-18-10-8-17(9-11-18)23(12-4-1-5-13-23)16-25-22(29)15-27-20-7-3-2-6-19(20)21(28)14-26-27/h2-3,6-11,14H,1,4-5,12-13,15-16H2,(H,25,29). The highest BCUT2D eigenvalue weighted by molar-refractivity contribution is 5.81. The molecule has 0 aliphatic heterocycles. The maximum absolute atomic E-state index is 13.4. The number of amides is 1. The van der Waals surface area contributed by atoms with Crippen molar-refractivity contribution >= 4 is 16.8 Å². The number of para-hydroxylation sites is 1. The molecule has 29 heavy (non-hydrogen) atoms. The number of hydrogen-bond acceptors (Lipinski definition) is 3. The lowest BCUT2D eigenvalue weighted by molar-refractivity contribution is -0.122. The van der Waals surface area contributed by atoms with Crippen molar-refractivity contribution < 1.29 is 9.18 Å². The fraction of sp³-hybridized carbons (Fsp3) is 0.348. The van der Waals surface area contributed by atoms with Gasteiger partial charge in [-0.15, -0.1) is 0 Å². The fourth-order valence-corrected chi connectivity index (χ4v) is 4.35. The van der Waals surface area contributed by atoms with E-state index < -0.39 is 0 Å². The number of nitrogens with one attached hydrogen (secondary N) is 1. The molecule has 6 heteroatoms. The van der Waals surface area contributed by atoms with Crippen molar-refractivity contribution in [1.82, 2.24) is 15.1 Å². The summed E-state index contributed by atoms with van der Waals surface area (Å²) in [6, 6.07) is 13.8. The van der Waals surface area contributed by atoms with Crippen LogP contribution in [0.2, 0.25) is 0 Å². The SMILES string of the molecule is O=C(Cn1ncc(=O)c2ccccc21)NCC1(c2ccc(F)cc2)CCCCC1. The molecule has 0 atom stereocenters. The Kier molecular flexibility index (Phi) is 5.43. The van der Waals surface area contributed by atoms with Gasteiger partial charge in [-0.05, 0) is 42.7 Å². The van der Waals surface area contributed by atoms with E-state index >= 15 is 0 Å². The highest BCUT2D eigenvalue weighted by Crippen LogP contribution is 2.39. The molecule has 1 amide bonds. The largest absolute Gasteiger partial charge is 0.354 e. The third kappa shape index (κ3) is 4.06. The number of fused-ring (bicyclic) bond motifs is 1. The fourth-order valence-electron chi connectivity index (χ4n) is 4.35. The van der Waals surface area contributed by atoms with Gasteiger partial charge in [0.25, 0.3) is 0 Å². The van der Waals surface area contributed by atoms with Gasteiger partial charge in [0, 0.05) is 17.3 Å². The molecule has 3 aromatic rings. The van der Waals surface area contributed by atoms with Crippen LogP contribution in [0.3, 0.4) is 0 Å². The lowest BCUT2D eigenvalue weighted by Gasteiger charge is -2.38. The van der Waals surface area contributed by atoms with Crippen molar-refractivity contribution in [3.8, 4) is 0 Å². The lowest BCUT2D eigenvalue weighted by atomic mass is 9.69. The first kappa shape index (κ1) is 19.3. The third-order valence-electron chi connectivity index (χ3n) is 5.95. The van der Waals surface area contributed by atoms with Gasteiger partial charge < -0.3 is 5.32 Å². The van der Waals surface area contributed by atoms with Crippen LogP contribution in [0.1, 0.15) is 37.7 Å². The Hall–Kier alpha value is -3.02. The molecule has 0 unspecified atom stereocenters. The minimum atomic E-state index is -0.250. The van der Waals surface area contributed by atoms with E-state index in [9.17, 15) is 14.0 Å². The summed E-state index contributed by atoms with van der Waals surface area (Å²) in [5, 5.41) is 7.74. The second-order valence-electron chi connectivity index (χ2n) is 7.81. The maximum Gasteiger partial charge on any atom is 0.241 e. The molecule has 150 valence electrons. The number of aromatic nitrogens is 2. The first-order valence-corrected chi connectivity index (χ1v) is 10.1. The maximum atomic E-state index is 13.4. The van der Waals surface area contributed by atoms with Crippen LogP contribution in [0.4, 0.5) is 4.39 Å². The van der Waals surface area contributed by atoms with Crippen molar-refractivity contribution in [1.29, 1.82) is 0 Å². The molecule has 1 fully saturated rings. The normalized spacial score (nSPS) is 15.9. The van der Waals surface area contributed by atoms with Crippen LogP contribution in [0.5, 0.6) is 0 Å². The summed E-state index contributed by atoms with van der Waals surface area (Å²) < 4.78 is 14.9. The van der Waals surface area contributed by atoms with Crippen LogP contribution < -0.4 is 10.7 Å². The molecule has 0 spiro atoms. The van der Waals surface area contributed by atoms with Crippen LogP contribution in [0.15, 0.2) is 59.5 Å². The van der Waals surface area contributed by atoms with Gasteiger partial charge in [-0.1, -0.05) is 43.5 Å². The van der Waals surface area contributed by atoms with Crippen molar-refractivity contribution in [3.63, 3.8) is 0 Å². The van der Waals surface area contributed by atoms with E-state index in [1.54, 1.807) is 22.9 Å². The quantitative estimate of drug-likeness (QED) is 0.721. The number of carbonyl (C=O) groups excluding carboxylic acids is 1. The number of hydrogen-bond donors (Lipinski definition) is 1. The molecule has 0 radical (unpaired) electrons. The monoisotopic (exact) mass is 393 g/mol. The average molecular weight is 393 g/mol. The zero-order valence-corrected chi connectivity index (χ0v) is 16.2. The molecule has 2 aromatic carbocycles. The number of halogens is 1. The Labute approximate surface area is 168 Å². The van der Waals surface area contributed by atoms with Crippen molar-refractivity contribution in [2.45, 2.75) is 44.1 Å². The predicted octanol–water partition coefficient (Wildman–Crippen LogP) is 3.55. The Balaban J connectivity index is 1.51. The third-order valence-corrected chi connectivity index (χ3v) is 5.95. The smallest absolute Gasteiger partial charge is 0.241 e. The van der Waals surface area contributed by atoms with E-state index in [1.165, 1.54) is 24.8 Å². The van der Waals surface area contributed by atoms with Gasteiger partial charge in [-0.25, -0.2) is 4.39 Å². The molecule has 1 N–H and O–H groups in total. The summed E-state index contributed by atoms with van der Waals surface area (Å²) in [6.45, 7) is 0.551. The minimum Gasteiger partial charge on any atom is -0.354 e. The molecule has 0 saturated heterocycles. The Morgan fingerprint density at radius 3 is 2.55 bits per heavy atom. The van der Waals surface area contributed by atoms with Gasteiger partial charge in [0.05, 0.1) is 11.7 Å². The Morgan fingerprint density at radius 1 is 1.07 bits per heavy atom. The van der Waals surface area contributed by atoms with E-state index in [0.29, 0.717) is 17.4 Å². The molecule has 1 saturated carbocycles. The lowest BCUT2D eigenvalue weighted by Crippen LogP contribution is -2.43. The topological polar surface area (TPSA) is 64.0 Å². The summed E-state index contributed by atoms with van der Waals surface area (Å²) in [6.07, 6.45) is 6.56. The highest BCUT2D eigenvalue weighted by atomic mass is 19.1. The van der Waals surface area contributed by atoms with Gasteiger partial charge in [0.1, 0.15) is 12.4 Å². The van der Waals surface area contributed by atoms with Gasteiger partial charge in [-0.2, -0.15) is 5.10 Å². The van der Waals surface area contributed by atoms with E-state index in [-0.39, 0.29) is 29.1 Å². The summed E-state index contributed by atoms with van der Waals surface area (Å²) in [5.41, 5.74) is 1.39. The minimum absolute atomic E-state index is 0.0420. The van der Waals surface area contributed by atoms with Crippen LogP contribution in [0, 0.1) is 5.82 Å². The zero-order valence-electron chi connectivity index (χ0n) is 16.2. The van der Waals surface area contributed by atoms with Crippen LogP contribution in [0.25, 0.3) is 10.9 Å². The molecular weight excluding hydrogens is 369 g/mol. The molecule has 1 aromatic heterocycles. The molecule has 0 bridgehead atoms. The molecular formula is C23H24FN3O2.